The van der Waals surface area contributed by atoms with E-state index < -0.39 is 0 Å². The third-order valence-electron chi connectivity index (χ3n) is 3.63. The van der Waals surface area contributed by atoms with Crippen molar-refractivity contribution in [3.05, 3.63) is 29.6 Å². The molecule has 17 heavy (non-hydrogen) atoms. The van der Waals surface area contributed by atoms with Gasteiger partial charge in [-0.3, -0.25) is 4.79 Å². The summed E-state index contributed by atoms with van der Waals surface area (Å²) in [6, 6.07) is 4.86. The molecular formula is C14H18FNO. The molecule has 1 aromatic carbocycles. The second-order valence-corrected chi connectivity index (χ2v) is 5.21. The van der Waals surface area contributed by atoms with Crippen molar-refractivity contribution in [3.63, 3.8) is 0 Å². The van der Waals surface area contributed by atoms with Crippen LogP contribution in [0.2, 0.25) is 0 Å². The second kappa shape index (κ2) is 4.47. The van der Waals surface area contributed by atoms with Crippen LogP contribution in [0, 0.1) is 18.2 Å². The van der Waals surface area contributed by atoms with Gasteiger partial charge in [0.25, 0.3) is 0 Å². The number of carbonyl (C=O) groups excluding carboxylic acids is 1. The summed E-state index contributed by atoms with van der Waals surface area (Å²) >= 11 is 0. The molecule has 0 radical (unpaired) electrons. The smallest absolute Gasteiger partial charge is 0.230 e. The number of aryl methyl sites for hydroxylation is 1. The summed E-state index contributed by atoms with van der Waals surface area (Å²) in [6.07, 6.45) is 3.96. The lowest BCUT2D eigenvalue weighted by Gasteiger charge is -2.22. The number of carbonyl (C=O) groups is 1. The SMILES string of the molecule is Cc1ccc(NC(=O)C2(C)CCCC2)c(F)c1. The number of anilines is 1. The van der Waals surface area contributed by atoms with Gasteiger partial charge in [-0.1, -0.05) is 25.8 Å². The minimum absolute atomic E-state index is 0.0576. The molecule has 0 aliphatic heterocycles. The van der Waals surface area contributed by atoms with E-state index in [-0.39, 0.29) is 22.8 Å². The maximum absolute atomic E-state index is 13.6. The molecule has 0 aromatic heterocycles. The molecule has 1 N–H and O–H groups in total. The predicted molar refractivity (Wildman–Crippen MR) is 66.3 cm³/mol. The number of halogens is 1. The highest BCUT2D eigenvalue weighted by molar-refractivity contribution is 5.95. The fraction of sp³-hybridized carbons (Fsp3) is 0.500. The Morgan fingerprint density at radius 2 is 2.00 bits per heavy atom. The molecule has 0 bridgehead atoms. The highest BCUT2D eigenvalue weighted by atomic mass is 19.1. The van der Waals surface area contributed by atoms with Gasteiger partial charge in [-0.2, -0.15) is 0 Å². The molecule has 1 saturated carbocycles. The van der Waals surface area contributed by atoms with E-state index in [0.717, 1.165) is 31.2 Å². The lowest BCUT2D eigenvalue weighted by molar-refractivity contribution is -0.124. The van der Waals surface area contributed by atoms with Crippen molar-refractivity contribution in [2.45, 2.75) is 39.5 Å². The van der Waals surface area contributed by atoms with Crippen LogP contribution in [-0.4, -0.2) is 5.91 Å². The van der Waals surface area contributed by atoms with Gasteiger partial charge in [-0.25, -0.2) is 4.39 Å². The van der Waals surface area contributed by atoms with Crippen molar-refractivity contribution < 1.29 is 9.18 Å². The minimum atomic E-state index is -0.361. The molecule has 92 valence electrons. The Balaban J connectivity index is 2.13. The second-order valence-electron chi connectivity index (χ2n) is 5.21. The Morgan fingerprint density at radius 3 is 2.59 bits per heavy atom. The minimum Gasteiger partial charge on any atom is -0.323 e. The molecule has 0 saturated heterocycles. The third kappa shape index (κ3) is 2.48. The van der Waals surface area contributed by atoms with Gasteiger partial charge in [0.1, 0.15) is 5.82 Å². The first-order chi connectivity index (χ1) is 8.01. The van der Waals surface area contributed by atoms with Crippen LogP contribution in [0.25, 0.3) is 0 Å². The Morgan fingerprint density at radius 1 is 1.35 bits per heavy atom. The average molecular weight is 235 g/mol. The van der Waals surface area contributed by atoms with Gasteiger partial charge in [0.05, 0.1) is 5.69 Å². The highest BCUT2D eigenvalue weighted by Crippen LogP contribution is 2.38. The van der Waals surface area contributed by atoms with E-state index in [1.807, 2.05) is 13.8 Å². The van der Waals surface area contributed by atoms with E-state index in [1.54, 1.807) is 12.1 Å². The Bertz CT molecular complexity index is 436. The Hall–Kier alpha value is -1.38. The van der Waals surface area contributed by atoms with Crippen molar-refractivity contribution in [1.29, 1.82) is 0 Å². The number of benzene rings is 1. The Labute approximate surface area is 101 Å². The van der Waals surface area contributed by atoms with E-state index >= 15 is 0 Å². The number of rotatable bonds is 2. The summed E-state index contributed by atoms with van der Waals surface area (Å²) in [5, 5.41) is 2.71. The van der Waals surface area contributed by atoms with Crippen molar-refractivity contribution in [2.24, 2.45) is 5.41 Å². The molecule has 0 atom stereocenters. The van der Waals surface area contributed by atoms with E-state index in [9.17, 15) is 9.18 Å². The monoisotopic (exact) mass is 235 g/mol. The highest BCUT2D eigenvalue weighted by Gasteiger charge is 2.36. The molecule has 1 aromatic rings. The quantitative estimate of drug-likeness (QED) is 0.832. The lowest BCUT2D eigenvalue weighted by Crippen LogP contribution is -2.31. The van der Waals surface area contributed by atoms with E-state index in [2.05, 4.69) is 5.32 Å². The van der Waals surface area contributed by atoms with Crippen molar-refractivity contribution in [3.8, 4) is 0 Å². The van der Waals surface area contributed by atoms with Crippen LogP contribution in [0.3, 0.4) is 0 Å². The van der Waals surface area contributed by atoms with Gasteiger partial charge >= 0.3 is 0 Å². The van der Waals surface area contributed by atoms with Gasteiger partial charge < -0.3 is 5.32 Å². The summed E-state index contributed by atoms with van der Waals surface area (Å²) in [7, 11) is 0. The summed E-state index contributed by atoms with van der Waals surface area (Å²) in [4.78, 5) is 12.1. The van der Waals surface area contributed by atoms with E-state index in [0.29, 0.717) is 0 Å². The molecule has 1 aliphatic carbocycles. The van der Waals surface area contributed by atoms with Crippen LogP contribution in [-0.2, 0) is 4.79 Å². The standard InChI is InChI=1S/C14H18FNO/c1-10-5-6-12(11(15)9-10)16-13(17)14(2)7-3-4-8-14/h5-6,9H,3-4,7-8H2,1-2H3,(H,16,17). The molecule has 0 heterocycles. The third-order valence-corrected chi connectivity index (χ3v) is 3.63. The zero-order valence-electron chi connectivity index (χ0n) is 10.3. The number of nitrogens with one attached hydrogen (secondary N) is 1. The molecule has 2 rings (SSSR count). The van der Waals surface area contributed by atoms with Gasteiger partial charge in [-0.15, -0.1) is 0 Å². The summed E-state index contributed by atoms with van der Waals surface area (Å²) in [5.74, 6) is -0.419. The Kier molecular flexibility index (Phi) is 3.18. The van der Waals surface area contributed by atoms with Gasteiger partial charge in [0, 0.05) is 5.41 Å². The van der Waals surface area contributed by atoms with Gasteiger partial charge in [0.15, 0.2) is 0 Å². The molecular weight excluding hydrogens is 217 g/mol. The van der Waals surface area contributed by atoms with Crippen molar-refractivity contribution in [2.75, 3.05) is 5.32 Å². The lowest BCUT2D eigenvalue weighted by atomic mass is 9.88. The van der Waals surface area contributed by atoms with Crippen LogP contribution in [0.15, 0.2) is 18.2 Å². The first-order valence-corrected chi connectivity index (χ1v) is 6.09. The van der Waals surface area contributed by atoms with Crippen molar-refractivity contribution in [1.82, 2.24) is 0 Å². The fourth-order valence-corrected chi connectivity index (χ4v) is 2.38. The first-order valence-electron chi connectivity index (χ1n) is 6.09. The van der Waals surface area contributed by atoms with E-state index in [4.69, 9.17) is 0 Å². The topological polar surface area (TPSA) is 29.1 Å². The molecule has 2 nitrogen and oxygen atoms in total. The summed E-state index contributed by atoms with van der Waals surface area (Å²) in [5.41, 5.74) is 0.818. The van der Waals surface area contributed by atoms with Crippen LogP contribution in [0.5, 0.6) is 0 Å². The molecule has 1 amide bonds. The van der Waals surface area contributed by atoms with E-state index in [1.165, 1.54) is 6.07 Å². The zero-order chi connectivity index (χ0) is 12.5. The predicted octanol–water partition coefficient (Wildman–Crippen LogP) is 3.65. The fourth-order valence-electron chi connectivity index (χ4n) is 2.38. The maximum Gasteiger partial charge on any atom is 0.230 e. The maximum atomic E-state index is 13.6. The first kappa shape index (κ1) is 12.1. The number of hydrogen-bond donors (Lipinski definition) is 1. The van der Waals surface area contributed by atoms with Crippen LogP contribution < -0.4 is 5.32 Å². The summed E-state index contributed by atoms with van der Waals surface area (Å²) < 4.78 is 13.6. The molecule has 0 unspecified atom stereocenters. The van der Waals surface area contributed by atoms with Gasteiger partial charge in [0.2, 0.25) is 5.91 Å². The van der Waals surface area contributed by atoms with Crippen molar-refractivity contribution >= 4 is 11.6 Å². The molecule has 0 spiro atoms. The molecule has 1 fully saturated rings. The van der Waals surface area contributed by atoms with Gasteiger partial charge in [-0.05, 0) is 37.5 Å². The van der Waals surface area contributed by atoms with Crippen LogP contribution in [0.4, 0.5) is 10.1 Å². The molecule has 3 heteroatoms. The number of hydrogen-bond acceptors (Lipinski definition) is 1. The van der Waals surface area contributed by atoms with Crippen LogP contribution >= 0.6 is 0 Å². The summed E-state index contributed by atoms with van der Waals surface area (Å²) in [6.45, 7) is 3.79. The largest absolute Gasteiger partial charge is 0.323 e. The average Bonchev–Trinajstić information content (AvgIpc) is 2.71. The zero-order valence-corrected chi connectivity index (χ0v) is 10.3. The number of amides is 1. The normalized spacial score (nSPS) is 18.1. The molecule has 1 aliphatic rings. The van der Waals surface area contributed by atoms with Crippen LogP contribution in [0.1, 0.15) is 38.2 Å².